The van der Waals surface area contributed by atoms with Crippen LogP contribution in [0.5, 0.6) is 0 Å². The number of benzene rings is 1. The largest absolute Gasteiger partial charge is 0.339 e. The summed E-state index contributed by atoms with van der Waals surface area (Å²) in [4.78, 5) is 28.7. The summed E-state index contributed by atoms with van der Waals surface area (Å²) in [6.45, 7) is 14.7. The zero-order valence-corrected chi connectivity index (χ0v) is 15.8. The lowest BCUT2D eigenvalue weighted by atomic mass is 9.86. The SMILES string of the molecule is CC(C)(C)C(=O)N1CCN(C(=O)c2ccc(C(C)(C)C)cc2)CC1. The van der Waals surface area contributed by atoms with Gasteiger partial charge >= 0.3 is 0 Å². The second-order valence-electron chi connectivity index (χ2n) is 8.66. The highest BCUT2D eigenvalue weighted by Gasteiger charge is 2.31. The van der Waals surface area contributed by atoms with Gasteiger partial charge in [-0.05, 0) is 23.1 Å². The normalized spacial score (nSPS) is 16.2. The zero-order valence-electron chi connectivity index (χ0n) is 15.8. The van der Waals surface area contributed by atoms with E-state index in [-0.39, 0.29) is 22.6 Å². The molecule has 0 unspecified atom stereocenters. The van der Waals surface area contributed by atoms with Gasteiger partial charge in [-0.15, -0.1) is 0 Å². The molecule has 1 heterocycles. The van der Waals surface area contributed by atoms with Crippen LogP contribution in [0.15, 0.2) is 24.3 Å². The van der Waals surface area contributed by atoms with Crippen LogP contribution in [0.1, 0.15) is 57.5 Å². The number of hydrogen-bond donors (Lipinski definition) is 0. The molecule has 1 aromatic rings. The Morgan fingerprint density at radius 3 is 1.67 bits per heavy atom. The van der Waals surface area contributed by atoms with Crippen LogP contribution in [0, 0.1) is 5.41 Å². The van der Waals surface area contributed by atoms with Crippen molar-refractivity contribution in [3.8, 4) is 0 Å². The van der Waals surface area contributed by atoms with Gasteiger partial charge in [0.25, 0.3) is 5.91 Å². The van der Waals surface area contributed by atoms with Gasteiger partial charge < -0.3 is 9.80 Å². The molecule has 0 N–H and O–H groups in total. The predicted octanol–water partition coefficient (Wildman–Crippen LogP) is 3.31. The third-order valence-corrected chi connectivity index (χ3v) is 4.49. The third kappa shape index (κ3) is 4.16. The van der Waals surface area contributed by atoms with E-state index in [1.165, 1.54) is 5.56 Å². The van der Waals surface area contributed by atoms with Crippen molar-refractivity contribution in [1.29, 1.82) is 0 Å². The molecule has 0 atom stereocenters. The molecule has 0 bridgehead atoms. The highest BCUT2D eigenvalue weighted by atomic mass is 16.2. The molecule has 24 heavy (non-hydrogen) atoms. The molecule has 132 valence electrons. The van der Waals surface area contributed by atoms with E-state index >= 15 is 0 Å². The van der Waals surface area contributed by atoms with Crippen molar-refractivity contribution in [1.82, 2.24) is 9.80 Å². The summed E-state index contributed by atoms with van der Waals surface area (Å²) >= 11 is 0. The van der Waals surface area contributed by atoms with Crippen molar-refractivity contribution >= 4 is 11.8 Å². The number of amides is 2. The minimum absolute atomic E-state index is 0.0540. The summed E-state index contributed by atoms with van der Waals surface area (Å²) in [5, 5.41) is 0. The number of carbonyl (C=O) groups is 2. The standard InChI is InChI=1S/C20H30N2O2/c1-19(2,3)16-9-7-15(8-10-16)17(23)21-11-13-22(14-12-21)18(24)20(4,5)6/h7-10H,11-14H2,1-6H3. The molecular formula is C20H30N2O2. The van der Waals surface area contributed by atoms with Crippen LogP contribution < -0.4 is 0 Å². The summed E-state index contributed by atoms with van der Waals surface area (Å²) < 4.78 is 0. The Bertz CT molecular complexity index is 598. The molecule has 0 saturated carbocycles. The third-order valence-electron chi connectivity index (χ3n) is 4.49. The fourth-order valence-corrected chi connectivity index (χ4v) is 2.88. The van der Waals surface area contributed by atoms with E-state index in [1.807, 2.05) is 54.8 Å². The van der Waals surface area contributed by atoms with Crippen LogP contribution in [-0.2, 0) is 10.2 Å². The van der Waals surface area contributed by atoms with E-state index in [4.69, 9.17) is 0 Å². The molecule has 1 aliphatic heterocycles. The van der Waals surface area contributed by atoms with Gasteiger partial charge in [0.15, 0.2) is 0 Å². The highest BCUT2D eigenvalue weighted by molar-refractivity contribution is 5.94. The van der Waals surface area contributed by atoms with E-state index in [1.54, 1.807) is 0 Å². The molecule has 2 rings (SSSR count). The Balaban J connectivity index is 1.99. The Morgan fingerprint density at radius 2 is 1.25 bits per heavy atom. The van der Waals surface area contributed by atoms with Crippen LogP contribution >= 0.6 is 0 Å². The van der Waals surface area contributed by atoms with Crippen LogP contribution in [0.25, 0.3) is 0 Å². The monoisotopic (exact) mass is 330 g/mol. The van der Waals surface area contributed by atoms with Crippen molar-refractivity contribution in [2.75, 3.05) is 26.2 Å². The van der Waals surface area contributed by atoms with Gasteiger partial charge in [0, 0.05) is 37.2 Å². The van der Waals surface area contributed by atoms with Crippen molar-refractivity contribution in [3.63, 3.8) is 0 Å². The lowest BCUT2D eigenvalue weighted by molar-refractivity contribution is -0.140. The molecular weight excluding hydrogens is 300 g/mol. The summed E-state index contributed by atoms with van der Waals surface area (Å²) in [6, 6.07) is 7.89. The molecule has 1 aliphatic rings. The van der Waals surface area contributed by atoms with Gasteiger partial charge in [-0.1, -0.05) is 53.7 Å². The lowest BCUT2D eigenvalue weighted by Gasteiger charge is -2.37. The molecule has 4 heteroatoms. The first-order chi connectivity index (χ1) is 11.0. The fraction of sp³-hybridized carbons (Fsp3) is 0.600. The smallest absolute Gasteiger partial charge is 0.253 e. The van der Waals surface area contributed by atoms with E-state index < -0.39 is 0 Å². The maximum atomic E-state index is 12.7. The molecule has 1 aromatic carbocycles. The molecule has 0 aliphatic carbocycles. The second kappa shape index (κ2) is 6.58. The maximum Gasteiger partial charge on any atom is 0.253 e. The molecule has 4 nitrogen and oxygen atoms in total. The van der Waals surface area contributed by atoms with E-state index in [0.717, 1.165) is 5.56 Å². The second-order valence-corrected chi connectivity index (χ2v) is 8.66. The minimum atomic E-state index is -0.366. The predicted molar refractivity (Wildman–Crippen MR) is 97.1 cm³/mol. The van der Waals surface area contributed by atoms with Gasteiger partial charge in [-0.2, -0.15) is 0 Å². The molecule has 0 aromatic heterocycles. The first kappa shape index (κ1) is 18.5. The van der Waals surface area contributed by atoms with Crippen LogP contribution in [0.4, 0.5) is 0 Å². The highest BCUT2D eigenvalue weighted by Crippen LogP contribution is 2.23. The number of hydrogen-bond acceptors (Lipinski definition) is 2. The topological polar surface area (TPSA) is 40.6 Å². The Morgan fingerprint density at radius 1 is 0.792 bits per heavy atom. The van der Waals surface area contributed by atoms with Gasteiger partial charge in [-0.25, -0.2) is 0 Å². The minimum Gasteiger partial charge on any atom is -0.339 e. The van der Waals surface area contributed by atoms with Crippen molar-refractivity contribution < 1.29 is 9.59 Å². The number of nitrogens with zero attached hydrogens (tertiary/aromatic N) is 2. The number of piperazine rings is 1. The molecule has 1 fully saturated rings. The van der Waals surface area contributed by atoms with Gasteiger partial charge in [0.2, 0.25) is 5.91 Å². The number of carbonyl (C=O) groups excluding carboxylic acids is 2. The number of rotatable bonds is 1. The Kier molecular flexibility index (Phi) is 5.07. The fourth-order valence-electron chi connectivity index (χ4n) is 2.88. The average Bonchev–Trinajstić information content (AvgIpc) is 2.52. The summed E-state index contributed by atoms with van der Waals surface area (Å²) in [5.74, 6) is 0.211. The first-order valence-corrected chi connectivity index (χ1v) is 8.69. The van der Waals surface area contributed by atoms with Crippen LogP contribution in [-0.4, -0.2) is 47.8 Å². The quantitative estimate of drug-likeness (QED) is 0.792. The average molecular weight is 330 g/mol. The first-order valence-electron chi connectivity index (χ1n) is 8.69. The molecule has 0 spiro atoms. The van der Waals surface area contributed by atoms with Gasteiger partial charge in [-0.3, -0.25) is 9.59 Å². The Hall–Kier alpha value is -1.84. The van der Waals surface area contributed by atoms with Crippen molar-refractivity contribution in [3.05, 3.63) is 35.4 Å². The van der Waals surface area contributed by atoms with Crippen molar-refractivity contribution in [2.24, 2.45) is 5.41 Å². The van der Waals surface area contributed by atoms with Crippen LogP contribution in [0.3, 0.4) is 0 Å². The summed E-state index contributed by atoms with van der Waals surface area (Å²) in [5.41, 5.74) is 1.66. The van der Waals surface area contributed by atoms with Crippen molar-refractivity contribution in [2.45, 2.75) is 47.0 Å². The van der Waals surface area contributed by atoms with E-state index in [2.05, 4.69) is 20.8 Å². The van der Waals surface area contributed by atoms with Gasteiger partial charge in [0.1, 0.15) is 0 Å². The maximum absolute atomic E-state index is 12.7. The lowest BCUT2D eigenvalue weighted by Crippen LogP contribution is -2.53. The molecule has 0 radical (unpaired) electrons. The summed E-state index contributed by atoms with van der Waals surface area (Å²) in [7, 11) is 0. The molecule has 2 amide bonds. The van der Waals surface area contributed by atoms with Crippen LogP contribution in [0.2, 0.25) is 0 Å². The Labute approximate surface area is 145 Å². The summed E-state index contributed by atoms with van der Waals surface area (Å²) in [6.07, 6.45) is 0. The van der Waals surface area contributed by atoms with E-state index in [0.29, 0.717) is 26.2 Å². The molecule has 1 saturated heterocycles. The van der Waals surface area contributed by atoms with E-state index in [9.17, 15) is 9.59 Å². The zero-order chi connectivity index (χ0) is 18.1. The van der Waals surface area contributed by atoms with Gasteiger partial charge in [0.05, 0.1) is 0 Å².